The van der Waals surface area contributed by atoms with Gasteiger partial charge in [0.15, 0.2) is 16.8 Å². The maximum absolute atomic E-state index is 13.1. The first-order valence-electron chi connectivity index (χ1n) is 9.71. The molecule has 0 aliphatic rings. The topological polar surface area (TPSA) is 57.0 Å². The van der Waals surface area contributed by atoms with Crippen LogP contribution in [-0.4, -0.2) is 26.3 Å². The molecule has 0 atom stereocenters. The van der Waals surface area contributed by atoms with E-state index in [1.807, 2.05) is 66.1 Å². The first-order chi connectivity index (χ1) is 15.1. The van der Waals surface area contributed by atoms with E-state index >= 15 is 0 Å². The smallest absolute Gasteiger partial charge is 0.196 e. The van der Waals surface area contributed by atoms with Crippen LogP contribution in [0.1, 0.15) is 21.7 Å². The van der Waals surface area contributed by atoms with Crippen LogP contribution in [0.4, 0.5) is 4.39 Å². The van der Waals surface area contributed by atoms with Crippen molar-refractivity contribution in [1.29, 1.82) is 0 Å². The molecule has 0 N–H and O–H groups in total. The average molecular weight is 434 g/mol. The quantitative estimate of drug-likeness (QED) is 0.280. The first kappa shape index (κ1) is 20.8. The van der Waals surface area contributed by atoms with Crippen LogP contribution < -0.4 is 4.74 Å². The number of halogens is 1. The summed E-state index contributed by atoms with van der Waals surface area (Å²) < 4.78 is 20.9. The van der Waals surface area contributed by atoms with Crippen LogP contribution >= 0.6 is 11.8 Å². The number of Topliss-reactive ketones (excluding diaryl/α,β-unsaturated/α-hetero) is 1. The predicted molar refractivity (Wildman–Crippen MR) is 118 cm³/mol. The van der Waals surface area contributed by atoms with Crippen molar-refractivity contribution >= 4 is 17.5 Å². The molecule has 5 nitrogen and oxygen atoms in total. The third kappa shape index (κ3) is 5.19. The maximum Gasteiger partial charge on any atom is 0.196 e. The molecule has 4 aromatic rings. The lowest BCUT2D eigenvalue weighted by molar-refractivity contribution is 0.102. The Kier molecular flexibility index (Phi) is 6.43. The summed E-state index contributed by atoms with van der Waals surface area (Å²) in [6.07, 6.45) is 0. The van der Waals surface area contributed by atoms with Gasteiger partial charge in [0, 0.05) is 11.3 Å². The third-order valence-electron chi connectivity index (χ3n) is 4.60. The summed E-state index contributed by atoms with van der Waals surface area (Å²) in [4.78, 5) is 12.5. The van der Waals surface area contributed by atoms with Crippen LogP contribution in [-0.2, 0) is 6.61 Å². The molecular formula is C24H20FN3O2S. The van der Waals surface area contributed by atoms with Crippen LogP contribution in [0.5, 0.6) is 5.75 Å². The molecule has 0 aliphatic heterocycles. The van der Waals surface area contributed by atoms with Crippen molar-refractivity contribution in [3.8, 4) is 11.4 Å². The van der Waals surface area contributed by atoms with E-state index in [0.717, 1.165) is 17.0 Å². The van der Waals surface area contributed by atoms with Gasteiger partial charge in [0.1, 0.15) is 18.2 Å². The summed E-state index contributed by atoms with van der Waals surface area (Å²) in [7, 11) is 0. The van der Waals surface area contributed by atoms with Crippen molar-refractivity contribution in [2.75, 3.05) is 5.75 Å². The van der Waals surface area contributed by atoms with E-state index < -0.39 is 0 Å². The fourth-order valence-corrected chi connectivity index (χ4v) is 3.82. The van der Waals surface area contributed by atoms with Gasteiger partial charge in [-0.2, -0.15) is 0 Å². The molecule has 1 heterocycles. The number of ether oxygens (including phenoxy) is 1. The maximum atomic E-state index is 13.1. The van der Waals surface area contributed by atoms with Gasteiger partial charge in [-0.05, 0) is 55.5 Å². The van der Waals surface area contributed by atoms with Gasteiger partial charge >= 0.3 is 0 Å². The number of rotatable bonds is 8. The highest BCUT2D eigenvalue weighted by Gasteiger charge is 2.17. The van der Waals surface area contributed by atoms with Gasteiger partial charge in [-0.25, -0.2) is 4.39 Å². The molecule has 0 saturated carbocycles. The highest BCUT2D eigenvalue weighted by atomic mass is 32.2. The molecule has 0 amide bonds. The van der Waals surface area contributed by atoms with Crippen LogP contribution in [0.15, 0.2) is 84.0 Å². The van der Waals surface area contributed by atoms with Gasteiger partial charge in [0.2, 0.25) is 0 Å². The molecule has 0 fully saturated rings. The van der Waals surface area contributed by atoms with E-state index in [-0.39, 0.29) is 24.0 Å². The van der Waals surface area contributed by atoms with Gasteiger partial charge in [-0.3, -0.25) is 9.36 Å². The summed E-state index contributed by atoms with van der Waals surface area (Å²) in [5.74, 6) is 1.06. The van der Waals surface area contributed by atoms with Crippen molar-refractivity contribution < 1.29 is 13.9 Å². The van der Waals surface area contributed by atoms with E-state index in [0.29, 0.717) is 16.5 Å². The van der Waals surface area contributed by atoms with E-state index in [4.69, 9.17) is 4.74 Å². The number of hydrogen-bond donors (Lipinski definition) is 0. The number of aromatic nitrogens is 3. The Balaban J connectivity index is 1.53. The van der Waals surface area contributed by atoms with Crippen LogP contribution in [0.3, 0.4) is 0 Å². The van der Waals surface area contributed by atoms with Gasteiger partial charge in [-0.15, -0.1) is 10.2 Å². The summed E-state index contributed by atoms with van der Waals surface area (Å²) >= 11 is 1.28. The number of para-hydroxylation sites is 1. The number of benzene rings is 3. The largest absolute Gasteiger partial charge is 0.486 e. The lowest BCUT2D eigenvalue weighted by Gasteiger charge is -2.11. The Bertz CT molecular complexity index is 1160. The number of ketones is 1. The SMILES string of the molecule is Cc1ccc(OCc2nnc(SCC(=O)c3ccc(F)cc3)n2-c2ccccc2)cc1. The third-order valence-corrected chi connectivity index (χ3v) is 5.53. The Hall–Kier alpha value is -3.45. The van der Waals surface area contributed by atoms with E-state index in [2.05, 4.69) is 10.2 Å². The molecule has 0 bridgehead atoms. The van der Waals surface area contributed by atoms with Gasteiger partial charge in [0.05, 0.1) is 5.75 Å². The number of carbonyl (C=O) groups is 1. The van der Waals surface area contributed by atoms with Gasteiger partial charge in [0.25, 0.3) is 0 Å². The normalized spacial score (nSPS) is 10.8. The predicted octanol–water partition coefficient (Wildman–Crippen LogP) is 5.27. The van der Waals surface area contributed by atoms with E-state index in [1.54, 1.807) is 0 Å². The highest BCUT2D eigenvalue weighted by molar-refractivity contribution is 7.99. The zero-order valence-electron chi connectivity index (χ0n) is 16.9. The second kappa shape index (κ2) is 9.57. The summed E-state index contributed by atoms with van der Waals surface area (Å²) in [6.45, 7) is 2.25. The summed E-state index contributed by atoms with van der Waals surface area (Å²) in [5.41, 5.74) is 2.50. The van der Waals surface area contributed by atoms with Crippen LogP contribution in [0.2, 0.25) is 0 Å². The van der Waals surface area contributed by atoms with Crippen molar-refractivity contribution in [3.05, 3.63) is 102 Å². The number of aryl methyl sites for hydroxylation is 1. The number of carbonyl (C=O) groups excluding carboxylic acids is 1. The number of thioether (sulfide) groups is 1. The minimum atomic E-state index is -0.369. The Labute approximate surface area is 183 Å². The summed E-state index contributed by atoms with van der Waals surface area (Å²) in [6, 6.07) is 23.0. The molecule has 31 heavy (non-hydrogen) atoms. The Morgan fingerprint density at radius 2 is 1.68 bits per heavy atom. The lowest BCUT2D eigenvalue weighted by Crippen LogP contribution is -2.08. The zero-order valence-corrected chi connectivity index (χ0v) is 17.7. The Morgan fingerprint density at radius 1 is 0.968 bits per heavy atom. The molecule has 0 spiro atoms. The molecule has 0 saturated heterocycles. The molecule has 0 unspecified atom stereocenters. The van der Waals surface area contributed by atoms with Crippen molar-refractivity contribution in [1.82, 2.24) is 14.8 Å². The monoisotopic (exact) mass is 433 g/mol. The first-order valence-corrected chi connectivity index (χ1v) is 10.7. The fraction of sp³-hybridized carbons (Fsp3) is 0.125. The standard InChI is InChI=1S/C24H20FN3O2S/c1-17-7-13-21(14-8-17)30-15-23-26-27-24(28(23)20-5-3-2-4-6-20)31-16-22(29)18-9-11-19(25)12-10-18/h2-14H,15-16H2,1H3. The van der Waals surface area contributed by atoms with Crippen molar-refractivity contribution in [2.45, 2.75) is 18.7 Å². The second-order valence-corrected chi connectivity index (χ2v) is 7.83. The molecule has 3 aromatic carbocycles. The van der Waals surface area contributed by atoms with Gasteiger partial charge in [-0.1, -0.05) is 47.7 Å². The molecule has 4 rings (SSSR count). The molecule has 7 heteroatoms. The molecule has 1 aromatic heterocycles. The second-order valence-electron chi connectivity index (χ2n) is 6.89. The number of nitrogens with zero attached hydrogens (tertiary/aromatic N) is 3. The average Bonchev–Trinajstić information content (AvgIpc) is 3.21. The molecular weight excluding hydrogens is 413 g/mol. The van der Waals surface area contributed by atoms with Crippen LogP contribution in [0.25, 0.3) is 5.69 Å². The fourth-order valence-electron chi connectivity index (χ4n) is 2.96. The minimum absolute atomic E-state index is 0.106. The lowest BCUT2D eigenvalue weighted by atomic mass is 10.1. The molecule has 156 valence electrons. The highest BCUT2D eigenvalue weighted by Crippen LogP contribution is 2.24. The molecule has 0 aliphatic carbocycles. The van der Waals surface area contributed by atoms with Crippen molar-refractivity contribution in [3.63, 3.8) is 0 Å². The minimum Gasteiger partial charge on any atom is -0.486 e. The Morgan fingerprint density at radius 3 is 2.39 bits per heavy atom. The van der Waals surface area contributed by atoms with Crippen molar-refractivity contribution in [2.24, 2.45) is 0 Å². The zero-order chi connectivity index (χ0) is 21.6. The van der Waals surface area contributed by atoms with Crippen LogP contribution in [0, 0.1) is 12.7 Å². The summed E-state index contributed by atoms with van der Waals surface area (Å²) in [5, 5.41) is 9.16. The van der Waals surface area contributed by atoms with E-state index in [9.17, 15) is 9.18 Å². The van der Waals surface area contributed by atoms with Gasteiger partial charge < -0.3 is 4.74 Å². The van der Waals surface area contributed by atoms with E-state index in [1.165, 1.54) is 36.0 Å². The molecule has 0 radical (unpaired) electrons. The number of hydrogen-bond acceptors (Lipinski definition) is 5.